The molecule has 1 aromatic rings. The van der Waals surface area contributed by atoms with Gasteiger partial charge in [0.25, 0.3) is 5.69 Å². The number of non-ortho nitro benzene ring substituents is 1. The lowest BCUT2D eigenvalue weighted by Gasteiger charge is -1.97. The molecule has 0 radical (unpaired) electrons. The van der Waals surface area contributed by atoms with Gasteiger partial charge in [0, 0.05) is 12.1 Å². The van der Waals surface area contributed by atoms with Gasteiger partial charge in [0.1, 0.15) is 5.82 Å². The van der Waals surface area contributed by atoms with E-state index in [4.69, 9.17) is 17.2 Å². The Morgan fingerprint density at radius 3 is 2.47 bits per heavy atom. The third-order valence-corrected chi connectivity index (χ3v) is 1.57. The second kappa shape index (κ2) is 4.88. The van der Waals surface area contributed by atoms with Crippen molar-refractivity contribution in [2.75, 3.05) is 0 Å². The van der Waals surface area contributed by atoms with Gasteiger partial charge in [0.2, 0.25) is 5.96 Å². The topological polar surface area (TPSA) is 146 Å². The maximum Gasteiger partial charge on any atom is 0.274 e. The first-order valence-corrected chi connectivity index (χ1v) is 4.27. The fourth-order valence-electron chi connectivity index (χ4n) is 1.02. The minimum Gasteiger partial charge on any atom is -0.370 e. The van der Waals surface area contributed by atoms with Crippen LogP contribution in [0.3, 0.4) is 0 Å². The van der Waals surface area contributed by atoms with E-state index in [1.807, 2.05) is 0 Å². The molecular formula is C8H9FN6O2. The molecule has 0 aliphatic heterocycles. The fraction of sp³-hybridized carbons (Fsp3) is 0. The molecule has 6 N–H and O–H groups in total. The number of nitro benzene ring substituents is 1. The number of nitrogens with two attached hydrogens (primary N) is 3. The Bertz CT molecular complexity index is 509. The SMILES string of the molecule is NC(N)=NC(N)=Nc1cc(F)cc([N+](=O)[O-])c1. The number of nitro groups is 1. The highest BCUT2D eigenvalue weighted by Crippen LogP contribution is 2.22. The third kappa shape index (κ3) is 3.74. The summed E-state index contributed by atoms with van der Waals surface area (Å²) in [7, 11) is 0. The first-order chi connectivity index (χ1) is 7.88. The molecule has 0 saturated carbocycles. The molecule has 0 fully saturated rings. The first-order valence-electron chi connectivity index (χ1n) is 4.27. The maximum absolute atomic E-state index is 13.0. The van der Waals surface area contributed by atoms with Gasteiger partial charge in [0.05, 0.1) is 16.7 Å². The molecule has 1 rings (SSSR count). The standard InChI is InChI=1S/C8H9FN6O2/c9-4-1-5(3-6(2-4)15(16)17)13-8(12)14-7(10)11/h1-3H,(H6,10,11,12,13,14). The summed E-state index contributed by atoms with van der Waals surface area (Å²) in [4.78, 5) is 16.7. The van der Waals surface area contributed by atoms with Crippen LogP contribution in [0.1, 0.15) is 0 Å². The summed E-state index contributed by atoms with van der Waals surface area (Å²) in [5, 5.41) is 10.5. The number of hydrogen-bond acceptors (Lipinski definition) is 3. The van der Waals surface area contributed by atoms with E-state index < -0.39 is 16.4 Å². The van der Waals surface area contributed by atoms with E-state index in [1.54, 1.807) is 0 Å². The summed E-state index contributed by atoms with van der Waals surface area (Å²) in [6.07, 6.45) is 0. The minimum absolute atomic E-state index is 0.0563. The minimum atomic E-state index is -0.810. The molecule has 90 valence electrons. The summed E-state index contributed by atoms with van der Waals surface area (Å²) in [6.45, 7) is 0. The summed E-state index contributed by atoms with van der Waals surface area (Å²) in [6, 6.07) is 2.76. The van der Waals surface area contributed by atoms with Crippen LogP contribution in [0.25, 0.3) is 0 Å². The Hall–Kier alpha value is -2.71. The van der Waals surface area contributed by atoms with Crippen molar-refractivity contribution in [2.24, 2.45) is 27.2 Å². The molecule has 0 amide bonds. The number of guanidine groups is 2. The van der Waals surface area contributed by atoms with Gasteiger partial charge in [0.15, 0.2) is 5.96 Å². The number of nitrogens with zero attached hydrogens (tertiary/aromatic N) is 3. The highest BCUT2D eigenvalue weighted by atomic mass is 19.1. The van der Waals surface area contributed by atoms with Crippen LogP contribution in [-0.4, -0.2) is 16.8 Å². The van der Waals surface area contributed by atoms with Gasteiger partial charge in [-0.15, -0.1) is 0 Å². The number of hydrogen-bond donors (Lipinski definition) is 3. The van der Waals surface area contributed by atoms with E-state index in [0.717, 1.165) is 18.2 Å². The molecule has 0 aliphatic carbocycles. The molecule has 17 heavy (non-hydrogen) atoms. The van der Waals surface area contributed by atoms with Crippen LogP contribution in [0.2, 0.25) is 0 Å². The van der Waals surface area contributed by atoms with Crippen LogP contribution in [0, 0.1) is 15.9 Å². The van der Waals surface area contributed by atoms with Crippen molar-refractivity contribution in [3.8, 4) is 0 Å². The molecule has 0 bridgehead atoms. The van der Waals surface area contributed by atoms with E-state index in [9.17, 15) is 14.5 Å². The van der Waals surface area contributed by atoms with Gasteiger partial charge in [-0.2, -0.15) is 4.99 Å². The van der Waals surface area contributed by atoms with Crippen molar-refractivity contribution in [1.29, 1.82) is 0 Å². The lowest BCUT2D eigenvalue weighted by molar-refractivity contribution is -0.385. The van der Waals surface area contributed by atoms with Crippen molar-refractivity contribution in [1.82, 2.24) is 0 Å². The fourth-order valence-corrected chi connectivity index (χ4v) is 1.02. The number of rotatable bonds is 2. The smallest absolute Gasteiger partial charge is 0.274 e. The average Bonchev–Trinajstić information content (AvgIpc) is 2.14. The Labute approximate surface area is 94.8 Å². The lowest BCUT2D eigenvalue weighted by Crippen LogP contribution is -2.26. The highest BCUT2D eigenvalue weighted by molar-refractivity contribution is 5.93. The van der Waals surface area contributed by atoms with E-state index in [2.05, 4.69) is 9.98 Å². The number of benzene rings is 1. The van der Waals surface area contributed by atoms with Gasteiger partial charge >= 0.3 is 0 Å². The van der Waals surface area contributed by atoms with Gasteiger partial charge < -0.3 is 17.2 Å². The molecule has 0 spiro atoms. The molecule has 0 saturated heterocycles. The van der Waals surface area contributed by atoms with Crippen molar-refractivity contribution in [2.45, 2.75) is 0 Å². The summed E-state index contributed by atoms with van der Waals surface area (Å²) >= 11 is 0. The van der Waals surface area contributed by atoms with Gasteiger partial charge in [-0.25, -0.2) is 9.38 Å². The van der Waals surface area contributed by atoms with Crippen LogP contribution in [0.5, 0.6) is 0 Å². The molecule has 1 aromatic carbocycles. The monoisotopic (exact) mass is 240 g/mol. The Morgan fingerprint density at radius 1 is 1.29 bits per heavy atom. The number of aliphatic imine (C=N–C) groups is 2. The van der Waals surface area contributed by atoms with Crippen LogP contribution in [0.15, 0.2) is 28.2 Å². The van der Waals surface area contributed by atoms with Crippen molar-refractivity contribution < 1.29 is 9.31 Å². The van der Waals surface area contributed by atoms with E-state index in [-0.39, 0.29) is 17.6 Å². The van der Waals surface area contributed by atoms with E-state index >= 15 is 0 Å². The molecular weight excluding hydrogens is 231 g/mol. The second-order valence-corrected chi connectivity index (χ2v) is 2.93. The predicted molar refractivity (Wildman–Crippen MR) is 60.1 cm³/mol. The molecule has 8 nitrogen and oxygen atoms in total. The maximum atomic E-state index is 13.0. The highest BCUT2D eigenvalue weighted by Gasteiger charge is 2.09. The Morgan fingerprint density at radius 2 is 1.94 bits per heavy atom. The van der Waals surface area contributed by atoms with Crippen LogP contribution in [0.4, 0.5) is 15.8 Å². The zero-order valence-electron chi connectivity index (χ0n) is 8.50. The molecule has 9 heteroatoms. The number of halogens is 1. The molecule has 0 unspecified atom stereocenters. The van der Waals surface area contributed by atoms with Gasteiger partial charge in [-0.1, -0.05) is 0 Å². The van der Waals surface area contributed by atoms with E-state index in [0.29, 0.717) is 0 Å². The van der Waals surface area contributed by atoms with Gasteiger partial charge in [-0.3, -0.25) is 10.1 Å². The predicted octanol–water partition coefficient (Wildman–Crippen LogP) is -0.0465. The largest absolute Gasteiger partial charge is 0.370 e. The zero-order chi connectivity index (χ0) is 13.0. The molecule has 0 heterocycles. The van der Waals surface area contributed by atoms with Crippen LogP contribution < -0.4 is 17.2 Å². The second-order valence-electron chi connectivity index (χ2n) is 2.93. The first kappa shape index (κ1) is 12.4. The van der Waals surface area contributed by atoms with Gasteiger partial charge in [-0.05, 0) is 0 Å². The van der Waals surface area contributed by atoms with Crippen molar-refractivity contribution in [3.63, 3.8) is 0 Å². The molecule has 0 aliphatic rings. The van der Waals surface area contributed by atoms with Crippen molar-refractivity contribution >= 4 is 23.3 Å². The quantitative estimate of drug-likeness (QED) is 0.287. The summed E-state index contributed by atoms with van der Waals surface area (Å²) in [5.74, 6) is -1.46. The summed E-state index contributed by atoms with van der Waals surface area (Å²) < 4.78 is 13.0. The summed E-state index contributed by atoms with van der Waals surface area (Å²) in [5.41, 5.74) is 14.9. The Kier molecular flexibility index (Phi) is 3.55. The van der Waals surface area contributed by atoms with Crippen LogP contribution in [-0.2, 0) is 0 Å². The molecule has 0 aromatic heterocycles. The van der Waals surface area contributed by atoms with Crippen molar-refractivity contribution in [3.05, 3.63) is 34.1 Å². The lowest BCUT2D eigenvalue weighted by atomic mass is 10.3. The van der Waals surface area contributed by atoms with E-state index in [1.165, 1.54) is 0 Å². The third-order valence-electron chi connectivity index (χ3n) is 1.57. The molecule has 0 atom stereocenters. The van der Waals surface area contributed by atoms with Crippen LogP contribution >= 0.6 is 0 Å². The Balaban J connectivity index is 3.15. The zero-order valence-corrected chi connectivity index (χ0v) is 8.50. The normalized spacial score (nSPS) is 11.0. The average molecular weight is 240 g/mol.